The topological polar surface area (TPSA) is 109 Å². The third kappa shape index (κ3) is 5.04. The van der Waals surface area contributed by atoms with Gasteiger partial charge in [0.15, 0.2) is 0 Å². The zero-order valence-electron chi connectivity index (χ0n) is 19.8. The van der Waals surface area contributed by atoms with Crippen molar-refractivity contribution in [3.8, 4) is 0 Å². The summed E-state index contributed by atoms with van der Waals surface area (Å²) in [5.41, 5.74) is 6.17. The normalized spacial score (nSPS) is 14.2. The van der Waals surface area contributed by atoms with Crippen molar-refractivity contribution in [2.24, 2.45) is 7.05 Å². The van der Waals surface area contributed by atoms with Crippen LogP contribution in [0.2, 0.25) is 0 Å². The molecule has 5 heterocycles. The minimum Gasteiger partial charge on any atom is -0.320 e. The molecule has 0 atom stereocenters. The predicted molar refractivity (Wildman–Crippen MR) is 135 cm³/mol. The van der Waals surface area contributed by atoms with Crippen LogP contribution >= 0.6 is 0 Å². The second-order valence-electron chi connectivity index (χ2n) is 8.76. The fourth-order valence-corrected chi connectivity index (χ4v) is 4.28. The number of nitrogens with zero attached hydrogens (tertiary/aromatic N) is 5. The maximum absolute atomic E-state index is 12.3. The van der Waals surface area contributed by atoms with Crippen molar-refractivity contribution in [1.82, 2.24) is 29.6 Å². The van der Waals surface area contributed by atoms with Gasteiger partial charge in [0.05, 0.1) is 22.8 Å². The monoisotopic (exact) mass is 469 g/mol. The van der Waals surface area contributed by atoms with E-state index in [1.165, 1.54) is 11.8 Å². The second-order valence-corrected chi connectivity index (χ2v) is 8.76. The van der Waals surface area contributed by atoms with Gasteiger partial charge in [-0.25, -0.2) is 4.98 Å². The van der Waals surface area contributed by atoms with E-state index in [2.05, 4.69) is 36.3 Å². The van der Waals surface area contributed by atoms with E-state index < -0.39 is 0 Å². The number of H-pyrrole nitrogens is 1. The van der Waals surface area contributed by atoms with Crippen LogP contribution in [-0.4, -0.2) is 48.6 Å². The van der Waals surface area contributed by atoms with Crippen molar-refractivity contribution < 1.29 is 4.79 Å². The SMILES string of the molecule is CCc1cc2ncc(CN3CC=C(c4ccc(NC(=O)c5cnn(C)c5)nc4)CC3)cc2[nH]c1=O. The molecule has 5 rings (SSSR count). The number of amides is 1. The zero-order valence-corrected chi connectivity index (χ0v) is 19.8. The molecule has 35 heavy (non-hydrogen) atoms. The van der Waals surface area contributed by atoms with Crippen molar-refractivity contribution in [2.45, 2.75) is 26.3 Å². The number of fused-ring (bicyclic) bond motifs is 1. The number of carbonyl (C=O) groups is 1. The third-order valence-electron chi connectivity index (χ3n) is 6.25. The van der Waals surface area contributed by atoms with Crippen LogP contribution in [-0.2, 0) is 20.0 Å². The number of hydrogen-bond acceptors (Lipinski definition) is 6. The van der Waals surface area contributed by atoms with E-state index in [9.17, 15) is 9.59 Å². The molecule has 1 aliphatic heterocycles. The largest absolute Gasteiger partial charge is 0.320 e. The molecule has 0 aliphatic carbocycles. The molecule has 0 saturated heterocycles. The number of aromatic amines is 1. The van der Waals surface area contributed by atoms with Gasteiger partial charge in [-0.15, -0.1) is 0 Å². The lowest BCUT2D eigenvalue weighted by Crippen LogP contribution is -2.28. The lowest BCUT2D eigenvalue weighted by atomic mass is 10.0. The summed E-state index contributed by atoms with van der Waals surface area (Å²) in [6.07, 6.45) is 10.7. The molecule has 0 saturated carbocycles. The van der Waals surface area contributed by atoms with Gasteiger partial charge >= 0.3 is 0 Å². The van der Waals surface area contributed by atoms with Crippen LogP contribution in [0.4, 0.5) is 5.82 Å². The van der Waals surface area contributed by atoms with E-state index in [-0.39, 0.29) is 11.5 Å². The van der Waals surface area contributed by atoms with Gasteiger partial charge in [0.2, 0.25) is 0 Å². The van der Waals surface area contributed by atoms with Crippen LogP contribution in [0.5, 0.6) is 0 Å². The standard InChI is InChI=1S/C26H27N7O2/c1-3-18-11-22-23(30-25(18)34)10-17(12-27-22)15-33-8-6-19(7-9-33)20-4-5-24(28-13-20)31-26(35)21-14-29-32(2)16-21/h4-6,10-14,16H,3,7-9,15H2,1-2H3,(H,30,34)(H,28,31,35). The summed E-state index contributed by atoms with van der Waals surface area (Å²) < 4.78 is 1.59. The highest BCUT2D eigenvalue weighted by Crippen LogP contribution is 2.24. The minimum atomic E-state index is -0.232. The number of rotatable bonds is 6. The van der Waals surface area contributed by atoms with Crippen LogP contribution in [0, 0.1) is 0 Å². The van der Waals surface area contributed by atoms with Gasteiger partial charge in [0.1, 0.15) is 5.82 Å². The Bertz CT molecular complexity index is 1470. The first kappa shape index (κ1) is 22.7. The summed E-state index contributed by atoms with van der Waals surface area (Å²) in [5.74, 6) is 0.275. The fraction of sp³-hybridized carbons (Fsp3) is 0.269. The van der Waals surface area contributed by atoms with Gasteiger partial charge in [-0.1, -0.05) is 13.0 Å². The highest BCUT2D eigenvalue weighted by atomic mass is 16.1. The molecule has 0 spiro atoms. The molecule has 0 radical (unpaired) electrons. The lowest BCUT2D eigenvalue weighted by molar-refractivity contribution is 0.102. The number of aromatic nitrogens is 5. The van der Waals surface area contributed by atoms with Crippen molar-refractivity contribution in [1.29, 1.82) is 0 Å². The van der Waals surface area contributed by atoms with E-state index in [1.54, 1.807) is 24.1 Å². The molecule has 0 aromatic carbocycles. The Morgan fingerprint density at radius 1 is 1.17 bits per heavy atom. The number of aryl methyl sites for hydroxylation is 2. The number of hydrogen-bond donors (Lipinski definition) is 2. The number of carbonyl (C=O) groups excluding carboxylic acids is 1. The summed E-state index contributed by atoms with van der Waals surface area (Å²) >= 11 is 0. The van der Waals surface area contributed by atoms with Crippen LogP contribution in [0.3, 0.4) is 0 Å². The summed E-state index contributed by atoms with van der Waals surface area (Å²) in [6, 6.07) is 7.70. The summed E-state index contributed by atoms with van der Waals surface area (Å²) in [6.45, 7) is 4.46. The van der Waals surface area contributed by atoms with Crippen LogP contribution in [0.15, 0.2) is 59.9 Å². The molecule has 4 aromatic rings. The smallest absolute Gasteiger partial charge is 0.260 e. The summed E-state index contributed by atoms with van der Waals surface area (Å²) in [7, 11) is 1.77. The quantitative estimate of drug-likeness (QED) is 0.449. The molecular weight excluding hydrogens is 442 g/mol. The first-order valence-corrected chi connectivity index (χ1v) is 11.7. The molecule has 4 aromatic heterocycles. The van der Waals surface area contributed by atoms with Crippen molar-refractivity contribution in [2.75, 3.05) is 18.4 Å². The second kappa shape index (κ2) is 9.63. The van der Waals surface area contributed by atoms with Gasteiger partial charge in [-0.05, 0) is 53.8 Å². The maximum Gasteiger partial charge on any atom is 0.260 e. The fourth-order valence-electron chi connectivity index (χ4n) is 4.28. The Hall–Kier alpha value is -4.11. The number of nitrogens with one attached hydrogen (secondary N) is 2. The van der Waals surface area contributed by atoms with Crippen LogP contribution in [0.25, 0.3) is 16.6 Å². The molecule has 1 aliphatic rings. The summed E-state index contributed by atoms with van der Waals surface area (Å²) in [5, 5.41) is 6.82. The third-order valence-corrected chi connectivity index (χ3v) is 6.25. The van der Waals surface area contributed by atoms with Gasteiger partial charge in [-0.2, -0.15) is 5.10 Å². The molecule has 2 N–H and O–H groups in total. The van der Waals surface area contributed by atoms with E-state index in [4.69, 9.17) is 0 Å². The Kier molecular flexibility index (Phi) is 6.24. The van der Waals surface area contributed by atoms with Crippen LogP contribution < -0.4 is 10.9 Å². The van der Waals surface area contributed by atoms with Gasteiger partial charge < -0.3 is 10.3 Å². The zero-order chi connectivity index (χ0) is 24.4. The maximum atomic E-state index is 12.3. The molecule has 178 valence electrons. The molecule has 0 fully saturated rings. The Morgan fingerprint density at radius 2 is 2.06 bits per heavy atom. The first-order chi connectivity index (χ1) is 17.0. The minimum absolute atomic E-state index is 0.0410. The Labute approximate surface area is 202 Å². The predicted octanol–water partition coefficient (Wildman–Crippen LogP) is 3.16. The Balaban J connectivity index is 1.21. The highest BCUT2D eigenvalue weighted by Gasteiger charge is 2.15. The van der Waals surface area contributed by atoms with Crippen molar-refractivity contribution in [3.05, 3.63) is 87.7 Å². The van der Waals surface area contributed by atoms with E-state index in [1.807, 2.05) is 37.4 Å². The molecule has 9 nitrogen and oxygen atoms in total. The van der Waals surface area contributed by atoms with Crippen molar-refractivity contribution in [3.63, 3.8) is 0 Å². The van der Waals surface area contributed by atoms with E-state index in [0.29, 0.717) is 17.8 Å². The van der Waals surface area contributed by atoms with Crippen LogP contribution in [0.1, 0.15) is 40.4 Å². The number of anilines is 1. The molecular formula is C26H27N7O2. The molecule has 0 bridgehead atoms. The van der Waals surface area contributed by atoms with E-state index in [0.717, 1.165) is 53.8 Å². The van der Waals surface area contributed by atoms with Crippen molar-refractivity contribution >= 4 is 28.3 Å². The number of pyridine rings is 3. The highest BCUT2D eigenvalue weighted by molar-refractivity contribution is 6.03. The van der Waals surface area contributed by atoms with E-state index >= 15 is 0 Å². The first-order valence-electron chi connectivity index (χ1n) is 11.7. The summed E-state index contributed by atoms with van der Waals surface area (Å²) in [4.78, 5) is 38.7. The molecule has 0 unspecified atom stereocenters. The molecule has 1 amide bonds. The van der Waals surface area contributed by atoms with Gasteiger partial charge in [0.25, 0.3) is 11.5 Å². The van der Waals surface area contributed by atoms with Gasteiger partial charge in [0, 0.05) is 50.8 Å². The molecule has 9 heteroatoms. The lowest BCUT2D eigenvalue weighted by Gasteiger charge is -2.26. The average molecular weight is 470 g/mol. The average Bonchev–Trinajstić information content (AvgIpc) is 3.31. The Morgan fingerprint density at radius 3 is 2.74 bits per heavy atom. The van der Waals surface area contributed by atoms with Gasteiger partial charge in [-0.3, -0.25) is 24.2 Å².